The lowest BCUT2D eigenvalue weighted by Crippen LogP contribution is -2.37. The lowest BCUT2D eigenvalue weighted by molar-refractivity contribution is 0.0385. The van der Waals surface area contributed by atoms with Crippen LogP contribution in [0.2, 0.25) is 0 Å². The number of hydrogen-bond acceptors (Lipinski definition) is 4. The Labute approximate surface area is 174 Å². The van der Waals surface area contributed by atoms with Gasteiger partial charge in [0.25, 0.3) is 5.91 Å². The summed E-state index contributed by atoms with van der Waals surface area (Å²) in [5, 5.41) is 3.86. The minimum Gasteiger partial charge on any atom is -0.459 e. The van der Waals surface area contributed by atoms with E-state index < -0.39 is 35.3 Å². The highest BCUT2D eigenvalue weighted by atomic mass is 19.1. The van der Waals surface area contributed by atoms with Crippen molar-refractivity contribution in [1.29, 1.82) is 0 Å². The maximum absolute atomic E-state index is 14.2. The minimum absolute atomic E-state index is 0.0217. The molecule has 3 aromatic rings. The van der Waals surface area contributed by atoms with Crippen molar-refractivity contribution in [3.8, 4) is 0 Å². The Morgan fingerprint density at radius 1 is 1.03 bits per heavy atom. The number of furan rings is 1. The van der Waals surface area contributed by atoms with Crippen LogP contribution in [0.1, 0.15) is 28.1 Å². The van der Waals surface area contributed by atoms with Crippen LogP contribution in [0.4, 0.5) is 17.6 Å². The molecule has 1 amide bonds. The second-order valence-electron chi connectivity index (χ2n) is 6.99. The molecule has 1 aliphatic rings. The van der Waals surface area contributed by atoms with Gasteiger partial charge in [-0.15, -0.1) is 0 Å². The summed E-state index contributed by atoms with van der Waals surface area (Å²) >= 11 is 0. The van der Waals surface area contributed by atoms with Crippen LogP contribution in [0.25, 0.3) is 0 Å². The van der Waals surface area contributed by atoms with Crippen LogP contribution in [0.5, 0.6) is 0 Å². The molecular formula is C22H16F4N2O3. The van der Waals surface area contributed by atoms with E-state index in [0.717, 1.165) is 24.3 Å². The van der Waals surface area contributed by atoms with Gasteiger partial charge in [-0.3, -0.25) is 4.79 Å². The maximum atomic E-state index is 14.2. The monoisotopic (exact) mass is 432 g/mol. The third kappa shape index (κ3) is 4.60. The number of carbonyl (C=O) groups is 1. The first kappa shape index (κ1) is 20.6. The lowest BCUT2D eigenvalue weighted by Gasteiger charge is -2.24. The van der Waals surface area contributed by atoms with Crippen molar-refractivity contribution in [2.24, 2.45) is 5.16 Å². The van der Waals surface area contributed by atoms with E-state index in [2.05, 4.69) is 5.16 Å². The Morgan fingerprint density at radius 3 is 2.45 bits per heavy atom. The SMILES string of the molecule is O=C(c1ccco1)N(Cc1ccc(F)cc1F)CC1CC(c2ccc(F)cc2F)=NO1. The molecule has 2 heterocycles. The van der Waals surface area contributed by atoms with Crippen molar-refractivity contribution in [1.82, 2.24) is 4.90 Å². The number of halogens is 4. The van der Waals surface area contributed by atoms with E-state index in [-0.39, 0.29) is 42.1 Å². The average molecular weight is 432 g/mol. The minimum atomic E-state index is -0.796. The number of benzene rings is 2. The van der Waals surface area contributed by atoms with Crippen molar-refractivity contribution < 1.29 is 31.6 Å². The Bertz CT molecular complexity index is 1130. The zero-order valence-corrected chi connectivity index (χ0v) is 16.0. The summed E-state index contributed by atoms with van der Waals surface area (Å²) in [6.07, 6.45) is 0.826. The van der Waals surface area contributed by atoms with E-state index in [4.69, 9.17) is 9.25 Å². The summed E-state index contributed by atoms with van der Waals surface area (Å²) in [4.78, 5) is 19.5. The Morgan fingerprint density at radius 2 is 1.77 bits per heavy atom. The fraction of sp³-hybridized carbons (Fsp3) is 0.182. The fourth-order valence-electron chi connectivity index (χ4n) is 3.29. The lowest BCUT2D eigenvalue weighted by atomic mass is 10.0. The first-order chi connectivity index (χ1) is 14.9. The largest absolute Gasteiger partial charge is 0.459 e. The van der Waals surface area contributed by atoms with Crippen molar-refractivity contribution in [2.45, 2.75) is 19.1 Å². The molecule has 0 fully saturated rings. The third-order valence-corrected chi connectivity index (χ3v) is 4.79. The molecule has 2 aromatic carbocycles. The van der Waals surface area contributed by atoms with E-state index in [1.807, 2.05) is 0 Å². The second kappa shape index (κ2) is 8.63. The highest BCUT2D eigenvalue weighted by molar-refractivity contribution is 6.01. The van der Waals surface area contributed by atoms with Gasteiger partial charge in [0.2, 0.25) is 0 Å². The van der Waals surface area contributed by atoms with Gasteiger partial charge in [0.15, 0.2) is 11.9 Å². The van der Waals surface area contributed by atoms with E-state index in [1.165, 1.54) is 35.4 Å². The number of rotatable bonds is 6. The van der Waals surface area contributed by atoms with Crippen molar-refractivity contribution in [3.63, 3.8) is 0 Å². The van der Waals surface area contributed by atoms with Crippen molar-refractivity contribution in [3.05, 3.63) is 95.0 Å². The molecule has 0 aliphatic carbocycles. The molecule has 0 N–H and O–H groups in total. The molecule has 31 heavy (non-hydrogen) atoms. The number of carbonyl (C=O) groups excluding carboxylic acids is 1. The smallest absolute Gasteiger partial charge is 0.289 e. The fourth-order valence-corrected chi connectivity index (χ4v) is 3.29. The summed E-state index contributed by atoms with van der Waals surface area (Å²) in [6.45, 7) is -0.197. The predicted octanol–water partition coefficient (Wildman–Crippen LogP) is 4.67. The van der Waals surface area contributed by atoms with Gasteiger partial charge in [0.1, 0.15) is 23.3 Å². The van der Waals surface area contributed by atoms with E-state index in [9.17, 15) is 22.4 Å². The standard InChI is InChI=1S/C22H16F4N2O3/c23-14-4-3-13(18(25)8-14)11-28(22(29)21-2-1-7-30-21)12-16-10-20(27-31-16)17-6-5-15(24)9-19(17)26/h1-9,16H,10-12H2. The van der Waals surface area contributed by atoms with Crippen molar-refractivity contribution in [2.75, 3.05) is 6.54 Å². The van der Waals surface area contributed by atoms with Gasteiger partial charge in [0, 0.05) is 36.2 Å². The van der Waals surface area contributed by atoms with Crippen LogP contribution < -0.4 is 0 Å². The van der Waals surface area contributed by atoms with Gasteiger partial charge in [-0.2, -0.15) is 0 Å². The third-order valence-electron chi connectivity index (χ3n) is 4.79. The molecule has 160 valence electrons. The molecular weight excluding hydrogens is 416 g/mol. The first-order valence-electron chi connectivity index (χ1n) is 9.35. The van der Waals surface area contributed by atoms with Gasteiger partial charge in [-0.1, -0.05) is 11.2 Å². The highest BCUT2D eigenvalue weighted by Crippen LogP contribution is 2.22. The molecule has 1 unspecified atom stereocenters. The zero-order chi connectivity index (χ0) is 22.0. The van der Waals surface area contributed by atoms with Crippen molar-refractivity contribution >= 4 is 11.6 Å². The maximum Gasteiger partial charge on any atom is 0.289 e. The Kier molecular flexibility index (Phi) is 5.75. The van der Waals surface area contributed by atoms with Crippen LogP contribution in [-0.4, -0.2) is 29.2 Å². The predicted molar refractivity (Wildman–Crippen MR) is 102 cm³/mol. The number of hydrogen-bond donors (Lipinski definition) is 0. The quantitative estimate of drug-likeness (QED) is 0.532. The van der Waals surface area contributed by atoms with Gasteiger partial charge in [-0.25, -0.2) is 17.6 Å². The molecule has 0 saturated heterocycles. The van der Waals surface area contributed by atoms with Crippen LogP contribution in [-0.2, 0) is 11.4 Å². The molecule has 0 bridgehead atoms. The molecule has 1 atom stereocenters. The molecule has 0 radical (unpaired) electrons. The van der Waals surface area contributed by atoms with Crippen LogP contribution >= 0.6 is 0 Å². The zero-order valence-electron chi connectivity index (χ0n) is 16.0. The molecule has 0 spiro atoms. The molecule has 5 nitrogen and oxygen atoms in total. The van der Waals surface area contributed by atoms with Gasteiger partial charge in [-0.05, 0) is 30.3 Å². The normalized spacial score (nSPS) is 15.5. The Balaban J connectivity index is 1.52. The van der Waals surface area contributed by atoms with E-state index in [1.54, 1.807) is 0 Å². The summed E-state index contributed by atoms with van der Waals surface area (Å²) in [5.41, 5.74) is 0.461. The second-order valence-corrected chi connectivity index (χ2v) is 6.99. The summed E-state index contributed by atoms with van der Waals surface area (Å²) in [6, 6.07) is 9.19. The molecule has 4 rings (SSSR count). The molecule has 1 aliphatic heterocycles. The topological polar surface area (TPSA) is 55.0 Å². The Hall–Kier alpha value is -3.62. The van der Waals surface area contributed by atoms with E-state index >= 15 is 0 Å². The van der Waals surface area contributed by atoms with E-state index in [0.29, 0.717) is 0 Å². The summed E-state index contributed by atoms with van der Waals surface area (Å²) in [7, 11) is 0. The first-order valence-corrected chi connectivity index (χ1v) is 9.35. The van der Waals surface area contributed by atoms with Crippen LogP contribution in [0.15, 0.2) is 64.4 Å². The van der Waals surface area contributed by atoms with Gasteiger partial charge in [0.05, 0.1) is 18.5 Å². The van der Waals surface area contributed by atoms with Crippen LogP contribution in [0, 0.1) is 23.3 Å². The number of oxime groups is 1. The van der Waals surface area contributed by atoms with Crippen LogP contribution in [0.3, 0.4) is 0 Å². The number of amides is 1. The average Bonchev–Trinajstić information content (AvgIpc) is 3.41. The van der Waals surface area contributed by atoms with Gasteiger partial charge < -0.3 is 14.2 Å². The highest BCUT2D eigenvalue weighted by Gasteiger charge is 2.29. The molecule has 1 aromatic heterocycles. The number of nitrogens with zero attached hydrogens (tertiary/aromatic N) is 2. The van der Waals surface area contributed by atoms with Gasteiger partial charge >= 0.3 is 0 Å². The molecule has 9 heteroatoms. The summed E-state index contributed by atoms with van der Waals surface area (Å²) in [5.74, 6) is -3.52. The summed E-state index contributed by atoms with van der Waals surface area (Å²) < 4.78 is 59.7. The molecule has 0 saturated carbocycles.